The van der Waals surface area contributed by atoms with Crippen LogP contribution in [-0.4, -0.2) is 4.21 Å². The van der Waals surface area contributed by atoms with Gasteiger partial charge in [-0.2, -0.15) is 85.0 Å². The van der Waals surface area contributed by atoms with E-state index in [1.54, 1.807) is 44.1 Å². The van der Waals surface area contributed by atoms with Gasteiger partial charge in [-0.25, -0.2) is 5.57 Å². The molecule has 0 radical (unpaired) electrons. The Bertz CT molecular complexity index is 1370. The Morgan fingerprint density at radius 1 is 0.860 bits per heavy atom. The molecule has 4 heteroatoms. The second-order valence-electron chi connectivity index (χ2n) is 13.0. The van der Waals surface area contributed by atoms with Crippen LogP contribution in [-0.2, 0) is 36.8 Å². The normalized spacial score (nSPS) is 27.2. The molecule has 0 aliphatic heterocycles. The van der Waals surface area contributed by atoms with Gasteiger partial charge in [-0.1, -0.05) is 67.1 Å². The molecule has 0 aromatic heterocycles. The van der Waals surface area contributed by atoms with Crippen molar-refractivity contribution in [2.45, 2.75) is 71.4 Å². The first kappa shape index (κ1) is 32.1. The molecule has 6 aliphatic rings. The molecule has 4 bridgehead atoms. The fraction of sp³-hybridized carbons (Fsp3) is 0.410. The molecule has 0 nitrogen and oxygen atoms in total. The van der Waals surface area contributed by atoms with Crippen LogP contribution in [0.4, 0.5) is 13.2 Å². The smallest absolute Gasteiger partial charge is 0.0253 e. The summed E-state index contributed by atoms with van der Waals surface area (Å²) in [5.41, 5.74) is 8.68. The monoisotopic (exact) mass is 655 g/mol. The van der Waals surface area contributed by atoms with Crippen molar-refractivity contribution in [3.05, 3.63) is 119 Å². The number of benzene rings is 3. The Hall–Kier alpha value is -2.32. The molecule has 1 atom stereocenters. The minimum absolute atomic E-state index is 0.564. The topological polar surface area (TPSA) is 0 Å². The van der Waals surface area contributed by atoms with Gasteiger partial charge in [-0.15, -0.1) is 5.56 Å². The standard InChI is InChI=1S/C18H25.C13H9.C7H4F3.CH2.Zr/c1-12-3-13(2)17(4-12)11-18-8-14-5-15(9-18)7-16(6-14)10-18;1-3-7-12-10(5-1)9-11-6-2-4-8-13(11)12;8-7(9,10)6-4-2-1-3-5-6;;/h4,12,14-16H,5-11H2,1-2H3;1-5,7-8H,9H2;2-5H;1H2;/q3*-1;;. The first-order chi connectivity index (χ1) is 20.7. The van der Waals surface area contributed by atoms with Gasteiger partial charge in [-0.05, 0) is 68.1 Å². The van der Waals surface area contributed by atoms with Gasteiger partial charge in [0.15, 0.2) is 0 Å². The van der Waals surface area contributed by atoms with E-state index in [1.165, 1.54) is 70.6 Å². The van der Waals surface area contributed by atoms with Crippen molar-refractivity contribution in [2.75, 3.05) is 0 Å². The molecule has 0 spiro atoms. The van der Waals surface area contributed by atoms with Crippen LogP contribution in [0.2, 0.25) is 0 Å². The SMILES string of the molecule is CC1=[C-]C(C)C=C1CC12CC3CC(CC(C3)C1)C2.FC(F)(F)c1cc[c-]cc1.[CH2]=[Zr].[c-]1cccc2c1Cc1ccccc1-2. The molecule has 0 saturated heterocycles. The van der Waals surface area contributed by atoms with Gasteiger partial charge in [0.25, 0.3) is 0 Å². The molecular weight excluding hydrogens is 617 g/mol. The number of hydrogen-bond donors (Lipinski definition) is 0. The maximum Gasteiger partial charge on any atom is -0.0253 e. The van der Waals surface area contributed by atoms with E-state index in [-0.39, 0.29) is 0 Å². The van der Waals surface area contributed by atoms with Gasteiger partial charge < -0.3 is 0 Å². The minimum atomic E-state index is -4.23. The van der Waals surface area contributed by atoms with Crippen molar-refractivity contribution < 1.29 is 37.4 Å². The molecule has 0 amide bonds. The van der Waals surface area contributed by atoms with E-state index in [0.717, 1.165) is 36.3 Å². The third kappa shape index (κ3) is 7.68. The summed E-state index contributed by atoms with van der Waals surface area (Å²) in [6, 6.07) is 25.1. The van der Waals surface area contributed by atoms with E-state index in [2.05, 4.69) is 78.7 Å². The summed E-state index contributed by atoms with van der Waals surface area (Å²) in [4.78, 5) is 0. The largest absolute Gasteiger partial charge is 0.179 e. The fourth-order valence-electron chi connectivity index (χ4n) is 8.58. The first-order valence-electron chi connectivity index (χ1n) is 15.5. The van der Waals surface area contributed by atoms with Gasteiger partial charge in [0, 0.05) is 0 Å². The van der Waals surface area contributed by atoms with E-state index in [1.807, 2.05) is 6.07 Å². The molecule has 4 fully saturated rings. The van der Waals surface area contributed by atoms with E-state index < -0.39 is 11.7 Å². The van der Waals surface area contributed by atoms with Crippen LogP contribution < -0.4 is 0 Å². The molecule has 3 aromatic carbocycles. The Morgan fingerprint density at radius 2 is 1.47 bits per heavy atom. The zero-order valence-electron chi connectivity index (χ0n) is 25.2. The van der Waals surface area contributed by atoms with Crippen LogP contribution in [0.25, 0.3) is 11.1 Å². The molecule has 9 rings (SSSR count). The Balaban J connectivity index is 0.000000131. The van der Waals surface area contributed by atoms with E-state index >= 15 is 0 Å². The van der Waals surface area contributed by atoms with Gasteiger partial charge in [-0.3, -0.25) is 6.08 Å². The number of alkyl halides is 3. The van der Waals surface area contributed by atoms with Crippen molar-refractivity contribution in [3.63, 3.8) is 0 Å². The second-order valence-corrected chi connectivity index (χ2v) is 13.0. The summed E-state index contributed by atoms with van der Waals surface area (Å²) < 4.78 is 38.7. The Kier molecular flexibility index (Phi) is 10.3. The van der Waals surface area contributed by atoms with Gasteiger partial charge in [0.05, 0.1) is 0 Å². The summed E-state index contributed by atoms with van der Waals surface area (Å²) in [5.74, 6) is 3.82. The van der Waals surface area contributed by atoms with Crippen LogP contribution >= 0.6 is 0 Å². The van der Waals surface area contributed by atoms with Crippen molar-refractivity contribution in [3.8, 4) is 11.1 Å². The predicted molar refractivity (Wildman–Crippen MR) is 166 cm³/mol. The van der Waals surface area contributed by atoms with Crippen molar-refractivity contribution in [1.82, 2.24) is 0 Å². The number of rotatable bonds is 2. The third-order valence-corrected chi connectivity index (χ3v) is 9.77. The van der Waals surface area contributed by atoms with Gasteiger partial charge >= 0.3 is 34.6 Å². The molecule has 0 heterocycles. The maximum absolute atomic E-state index is 11.8. The minimum Gasteiger partial charge on any atom is -0.179 e. The Morgan fingerprint density at radius 3 is 2.02 bits per heavy atom. The van der Waals surface area contributed by atoms with Crippen LogP contribution in [0.15, 0.2) is 84.0 Å². The third-order valence-electron chi connectivity index (χ3n) is 9.77. The second kappa shape index (κ2) is 13.8. The molecule has 43 heavy (non-hydrogen) atoms. The number of fused-ring (bicyclic) bond motifs is 3. The molecular formula is C39H40F3Zr-3. The summed E-state index contributed by atoms with van der Waals surface area (Å²) in [6.45, 7) is 4.55. The van der Waals surface area contributed by atoms with Crippen molar-refractivity contribution >= 4 is 4.21 Å². The maximum atomic E-state index is 11.8. The summed E-state index contributed by atoms with van der Waals surface area (Å²) in [6.07, 6.45) is 13.6. The first-order valence-corrected chi connectivity index (χ1v) is 17.2. The molecule has 0 N–H and O–H groups in total. The van der Waals surface area contributed by atoms with Gasteiger partial charge in [0.2, 0.25) is 0 Å². The predicted octanol–water partition coefficient (Wildman–Crippen LogP) is 10.4. The molecule has 224 valence electrons. The molecule has 3 aromatic rings. The zero-order valence-corrected chi connectivity index (χ0v) is 27.7. The average molecular weight is 657 g/mol. The molecule has 1 unspecified atom stereocenters. The molecule has 6 aliphatic carbocycles. The molecule has 4 saturated carbocycles. The number of hydrogen-bond acceptors (Lipinski definition) is 0. The van der Waals surface area contributed by atoms with Crippen LogP contribution in [0.1, 0.15) is 75.5 Å². The van der Waals surface area contributed by atoms with E-state index in [9.17, 15) is 13.2 Å². The van der Waals surface area contributed by atoms with E-state index in [4.69, 9.17) is 0 Å². The fourth-order valence-corrected chi connectivity index (χ4v) is 8.58. The van der Waals surface area contributed by atoms with Crippen LogP contribution in [0, 0.1) is 47.3 Å². The number of halogens is 3. The van der Waals surface area contributed by atoms with Crippen molar-refractivity contribution in [1.29, 1.82) is 0 Å². The zero-order chi connectivity index (χ0) is 30.6. The van der Waals surface area contributed by atoms with Crippen LogP contribution in [0.3, 0.4) is 0 Å². The summed E-state index contributed by atoms with van der Waals surface area (Å²) in [7, 11) is 0. The van der Waals surface area contributed by atoms with Crippen LogP contribution in [0.5, 0.6) is 0 Å². The van der Waals surface area contributed by atoms with Crippen molar-refractivity contribution in [2.24, 2.45) is 29.1 Å². The quantitative estimate of drug-likeness (QED) is 0.188. The van der Waals surface area contributed by atoms with E-state index in [0.29, 0.717) is 11.3 Å². The number of allylic oxidation sites excluding steroid dienone is 4. The summed E-state index contributed by atoms with van der Waals surface area (Å²) >= 11 is 1.30. The summed E-state index contributed by atoms with van der Waals surface area (Å²) in [5, 5.41) is 0. The average Bonchev–Trinajstić information content (AvgIpc) is 3.52. The van der Waals surface area contributed by atoms with Gasteiger partial charge in [0.1, 0.15) is 0 Å². The Labute approximate surface area is 270 Å².